The van der Waals surface area contributed by atoms with Gasteiger partial charge in [0.05, 0.1) is 17.4 Å². The number of nitrogens with zero attached hydrogens (tertiary/aromatic N) is 4. The molecule has 0 aliphatic rings. The van der Waals surface area contributed by atoms with Gasteiger partial charge in [0.15, 0.2) is 16.6 Å². The minimum atomic E-state index is -0.251. The van der Waals surface area contributed by atoms with Gasteiger partial charge < -0.3 is 10.3 Å². The summed E-state index contributed by atoms with van der Waals surface area (Å²) in [7, 11) is 0. The molecule has 10 heteroatoms. The quantitative estimate of drug-likeness (QED) is 0.269. The lowest BCUT2D eigenvalue weighted by molar-refractivity contribution is -0.118. The molecular weight excluding hydrogens is 477 g/mol. The molecule has 178 valence electrons. The van der Waals surface area contributed by atoms with E-state index in [0.29, 0.717) is 28.4 Å². The van der Waals surface area contributed by atoms with Gasteiger partial charge in [0.2, 0.25) is 5.91 Å². The minimum absolute atomic E-state index is 0.0651. The Labute approximate surface area is 208 Å². The molecule has 0 aliphatic carbocycles. The molecule has 0 bridgehead atoms. The van der Waals surface area contributed by atoms with Crippen molar-refractivity contribution in [3.63, 3.8) is 0 Å². The number of carbonyl (C=O) groups is 1. The highest BCUT2D eigenvalue weighted by Crippen LogP contribution is 2.34. The molecule has 0 saturated carbocycles. The lowest BCUT2D eigenvalue weighted by atomic mass is 10.0. The Kier molecular flexibility index (Phi) is 5.30. The Balaban J connectivity index is 1.41. The van der Waals surface area contributed by atoms with Crippen LogP contribution in [-0.2, 0) is 4.79 Å². The topological polar surface area (TPSA) is 112 Å². The van der Waals surface area contributed by atoms with Crippen LogP contribution in [0.4, 0.5) is 10.1 Å². The van der Waals surface area contributed by atoms with Crippen molar-refractivity contribution in [1.29, 1.82) is 0 Å². The van der Waals surface area contributed by atoms with Gasteiger partial charge in [-0.05, 0) is 42.0 Å². The van der Waals surface area contributed by atoms with Crippen LogP contribution >= 0.6 is 11.3 Å². The highest BCUT2D eigenvalue weighted by Gasteiger charge is 2.17. The number of hydrogen-bond donors (Lipinski definition) is 3. The second-order valence-corrected chi connectivity index (χ2v) is 9.72. The van der Waals surface area contributed by atoms with Gasteiger partial charge >= 0.3 is 0 Å². The highest BCUT2D eigenvalue weighted by atomic mass is 32.1. The fraction of sp³-hybridized carbons (Fsp3) is 0.115. The molecule has 0 spiro atoms. The Morgan fingerprint density at radius 1 is 1.08 bits per heavy atom. The maximum atomic E-state index is 13.7. The number of hydrogen-bond acceptors (Lipinski definition) is 6. The molecule has 5 heterocycles. The molecule has 1 aromatic carbocycles. The van der Waals surface area contributed by atoms with Crippen LogP contribution in [0.2, 0.25) is 0 Å². The van der Waals surface area contributed by atoms with Gasteiger partial charge in [0.1, 0.15) is 11.2 Å². The predicted octanol–water partition coefficient (Wildman–Crippen LogP) is 6.03. The van der Waals surface area contributed by atoms with Crippen LogP contribution in [0.25, 0.3) is 55.2 Å². The second kappa shape index (κ2) is 8.65. The van der Waals surface area contributed by atoms with Crippen molar-refractivity contribution in [3.05, 3.63) is 66.2 Å². The summed E-state index contributed by atoms with van der Waals surface area (Å²) in [6, 6.07) is 12.8. The molecule has 0 fully saturated rings. The molecule has 0 aliphatic heterocycles. The number of halogens is 1. The maximum Gasteiger partial charge on any atom is 0.226 e. The van der Waals surface area contributed by atoms with Crippen LogP contribution < -0.4 is 5.32 Å². The van der Waals surface area contributed by atoms with E-state index in [4.69, 9.17) is 4.98 Å². The smallest absolute Gasteiger partial charge is 0.226 e. The number of amides is 1. The molecule has 6 rings (SSSR count). The van der Waals surface area contributed by atoms with E-state index in [9.17, 15) is 9.18 Å². The Hall–Kier alpha value is -4.44. The molecule has 0 saturated heterocycles. The number of benzene rings is 1. The summed E-state index contributed by atoms with van der Waals surface area (Å²) in [6.07, 6.45) is 5.06. The first-order chi connectivity index (χ1) is 17.5. The first-order valence-electron chi connectivity index (χ1n) is 11.3. The first kappa shape index (κ1) is 22.1. The summed E-state index contributed by atoms with van der Waals surface area (Å²) in [4.78, 5) is 29.6. The van der Waals surface area contributed by atoms with Crippen molar-refractivity contribution < 1.29 is 9.18 Å². The molecule has 36 heavy (non-hydrogen) atoms. The van der Waals surface area contributed by atoms with Crippen LogP contribution in [0.1, 0.15) is 13.8 Å². The summed E-state index contributed by atoms with van der Waals surface area (Å²) in [5.41, 5.74) is 5.97. The van der Waals surface area contributed by atoms with Crippen molar-refractivity contribution in [2.75, 3.05) is 5.32 Å². The van der Waals surface area contributed by atoms with Crippen molar-refractivity contribution in [1.82, 2.24) is 30.1 Å². The zero-order chi connectivity index (χ0) is 24.8. The zero-order valence-electron chi connectivity index (χ0n) is 19.3. The monoisotopic (exact) mass is 497 g/mol. The van der Waals surface area contributed by atoms with Crippen LogP contribution in [0.5, 0.6) is 0 Å². The van der Waals surface area contributed by atoms with Gasteiger partial charge in [-0.1, -0.05) is 19.9 Å². The van der Waals surface area contributed by atoms with Crippen LogP contribution in [0.3, 0.4) is 0 Å². The van der Waals surface area contributed by atoms with Gasteiger partial charge in [-0.15, -0.1) is 11.3 Å². The van der Waals surface area contributed by atoms with Crippen molar-refractivity contribution in [2.24, 2.45) is 5.92 Å². The van der Waals surface area contributed by atoms with E-state index in [0.717, 1.165) is 43.8 Å². The first-order valence-corrected chi connectivity index (χ1v) is 12.1. The fourth-order valence-electron chi connectivity index (χ4n) is 4.01. The largest absolute Gasteiger partial charge is 0.324 e. The van der Waals surface area contributed by atoms with Crippen molar-refractivity contribution in [3.8, 4) is 33.1 Å². The maximum absolute atomic E-state index is 13.7. The lowest BCUT2D eigenvalue weighted by Gasteiger charge is -2.09. The summed E-state index contributed by atoms with van der Waals surface area (Å²) < 4.78 is 13.7. The third-order valence-corrected chi connectivity index (χ3v) is 6.78. The van der Waals surface area contributed by atoms with E-state index < -0.39 is 0 Å². The number of aromatic nitrogens is 6. The highest BCUT2D eigenvalue weighted by molar-refractivity contribution is 7.14. The summed E-state index contributed by atoms with van der Waals surface area (Å²) >= 11 is 1.07. The fourth-order valence-corrected chi connectivity index (χ4v) is 4.76. The van der Waals surface area contributed by atoms with Crippen molar-refractivity contribution in [2.45, 2.75) is 13.8 Å². The van der Waals surface area contributed by atoms with E-state index >= 15 is 0 Å². The predicted molar refractivity (Wildman–Crippen MR) is 139 cm³/mol. The second-order valence-electron chi connectivity index (χ2n) is 8.68. The number of nitrogens with one attached hydrogen (secondary N) is 3. The summed E-state index contributed by atoms with van der Waals surface area (Å²) in [6.45, 7) is 3.69. The molecule has 0 unspecified atom stereocenters. The number of rotatable bonds is 5. The number of imidazole rings is 1. The van der Waals surface area contributed by atoms with Gasteiger partial charge in [-0.25, -0.2) is 9.97 Å². The Morgan fingerprint density at radius 2 is 1.97 bits per heavy atom. The molecule has 5 aromatic heterocycles. The van der Waals surface area contributed by atoms with Gasteiger partial charge in [-0.3, -0.25) is 14.9 Å². The SMILES string of the molecule is CC(C)C(=O)Nc1cncc(-c2ccc3[nH]nc(-c4nc5c(-c6ccc(F)s6)ccnc5[nH]4)c3c2)c1. The average molecular weight is 498 g/mol. The van der Waals surface area contributed by atoms with Gasteiger partial charge in [-0.2, -0.15) is 9.49 Å². The molecule has 8 nitrogen and oxygen atoms in total. The molecule has 0 radical (unpaired) electrons. The summed E-state index contributed by atoms with van der Waals surface area (Å²) in [5, 5.41) is 11.1. The van der Waals surface area contributed by atoms with E-state index in [1.165, 1.54) is 6.07 Å². The number of H-pyrrole nitrogens is 2. The summed E-state index contributed by atoms with van der Waals surface area (Å²) in [5.74, 6) is 0.363. The average Bonchev–Trinajstić information content (AvgIpc) is 3.61. The van der Waals surface area contributed by atoms with E-state index in [2.05, 4.69) is 30.5 Å². The number of anilines is 1. The number of pyridine rings is 2. The molecule has 1 amide bonds. The van der Waals surface area contributed by atoms with E-state index in [1.54, 1.807) is 24.7 Å². The number of aromatic amines is 2. The van der Waals surface area contributed by atoms with E-state index in [1.807, 2.05) is 44.2 Å². The number of thiophene rings is 1. The van der Waals surface area contributed by atoms with Crippen LogP contribution in [0, 0.1) is 11.0 Å². The van der Waals surface area contributed by atoms with Gasteiger partial charge in [0.25, 0.3) is 0 Å². The number of carbonyl (C=O) groups excluding carboxylic acids is 1. The third kappa shape index (κ3) is 3.91. The normalized spacial score (nSPS) is 11.6. The minimum Gasteiger partial charge on any atom is -0.324 e. The Morgan fingerprint density at radius 3 is 2.78 bits per heavy atom. The van der Waals surface area contributed by atoms with Crippen LogP contribution in [0.15, 0.2) is 61.1 Å². The third-order valence-electron chi connectivity index (χ3n) is 5.87. The standard InChI is InChI=1S/C26H20FN7OS/c1-13(2)26(35)30-16-9-15(11-28-12-16)14-3-4-19-18(10-14)23(34-33-19)25-31-22-17(7-8-29-24(22)32-25)20-5-6-21(27)36-20/h3-13H,1-2H3,(H,30,35)(H,33,34)(H,29,31,32). The van der Waals surface area contributed by atoms with Crippen LogP contribution in [-0.4, -0.2) is 36.0 Å². The van der Waals surface area contributed by atoms with Crippen molar-refractivity contribution >= 4 is 45.0 Å². The molecule has 0 atom stereocenters. The van der Waals surface area contributed by atoms with Gasteiger partial charge in [0, 0.05) is 39.7 Å². The molecule has 3 N–H and O–H groups in total. The molecule has 6 aromatic rings. The lowest BCUT2D eigenvalue weighted by Crippen LogP contribution is -2.17. The molecular formula is C26H20FN7OS. The number of fused-ring (bicyclic) bond motifs is 2. The zero-order valence-corrected chi connectivity index (χ0v) is 20.2. The van der Waals surface area contributed by atoms with E-state index in [-0.39, 0.29) is 17.0 Å². The Bertz CT molecular complexity index is 1750.